The number of carbonyl (C=O) groups is 1. The van der Waals surface area contributed by atoms with Crippen LogP contribution in [0.4, 0.5) is 4.39 Å². The number of hydrogen-bond donors (Lipinski definition) is 1. The molecule has 8 heteroatoms. The third kappa shape index (κ3) is 4.36. The van der Waals surface area contributed by atoms with Crippen molar-refractivity contribution >= 4 is 17.7 Å². The van der Waals surface area contributed by atoms with Gasteiger partial charge in [-0.3, -0.25) is 4.79 Å². The second-order valence-corrected chi connectivity index (χ2v) is 7.53. The van der Waals surface area contributed by atoms with Crippen molar-refractivity contribution in [1.82, 2.24) is 25.5 Å². The Hall–Kier alpha value is -1.96. The number of aromatic nitrogens is 4. The number of amides is 1. The number of carbonyl (C=O) groups excluding carboxylic acids is 1. The molecule has 1 aromatic carbocycles. The average Bonchev–Trinajstić information content (AvgIpc) is 3.06. The van der Waals surface area contributed by atoms with Crippen molar-refractivity contribution in [1.29, 1.82) is 0 Å². The van der Waals surface area contributed by atoms with Gasteiger partial charge in [0.15, 0.2) is 0 Å². The van der Waals surface area contributed by atoms with Crippen LogP contribution in [0, 0.1) is 17.7 Å². The fourth-order valence-electron chi connectivity index (χ4n) is 3.20. The number of nitrogens with zero attached hydrogens (tertiary/aromatic N) is 4. The molecule has 0 saturated heterocycles. The first-order chi connectivity index (χ1) is 12.0. The molecule has 134 valence electrons. The van der Waals surface area contributed by atoms with E-state index in [2.05, 4.69) is 34.7 Å². The second kappa shape index (κ2) is 7.95. The maximum absolute atomic E-state index is 13.4. The molecule has 2 aromatic rings. The van der Waals surface area contributed by atoms with E-state index in [1.807, 2.05) is 0 Å². The summed E-state index contributed by atoms with van der Waals surface area (Å²) in [6.07, 6.45) is 3.41. The number of rotatable bonds is 5. The number of thioether (sulfide) groups is 1. The highest BCUT2D eigenvalue weighted by atomic mass is 32.2. The molecule has 1 saturated carbocycles. The Morgan fingerprint density at radius 1 is 1.40 bits per heavy atom. The van der Waals surface area contributed by atoms with Gasteiger partial charge in [-0.2, -0.15) is 4.68 Å². The summed E-state index contributed by atoms with van der Waals surface area (Å²) in [4.78, 5) is 12.3. The third-order valence-electron chi connectivity index (χ3n) is 4.88. The maximum atomic E-state index is 13.4. The van der Waals surface area contributed by atoms with E-state index in [0.717, 1.165) is 12.8 Å². The van der Waals surface area contributed by atoms with Crippen molar-refractivity contribution in [2.75, 3.05) is 5.75 Å². The molecule has 0 spiro atoms. The van der Waals surface area contributed by atoms with Gasteiger partial charge in [0.2, 0.25) is 11.1 Å². The monoisotopic (exact) mass is 363 g/mol. The molecule has 1 aromatic heterocycles. The molecule has 1 heterocycles. The van der Waals surface area contributed by atoms with Gasteiger partial charge in [0, 0.05) is 6.04 Å². The Bertz CT molecular complexity index is 737. The van der Waals surface area contributed by atoms with Gasteiger partial charge in [0.05, 0.1) is 11.4 Å². The topological polar surface area (TPSA) is 72.7 Å². The van der Waals surface area contributed by atoms with Crippen molar-refractivity contribution in [3.8, 4) is 5.69 Å². The largest absolute Gasteiger partial charge is 0.352 e. The van der Waals surface area contributed by atoms with E-state index in [9.17, 15) is 9.18 Å². The fourth-order valence-corrected chi connectivity index (χ4v) is 3.91. The van der Waals surface area contributed by atoms with Crippen molar-refractivity contribution < 1.29 is 9.18 Å². The zero-order valence-electron chi connectivity index (χ0n) is 14.4. The molecule has 1 aliphatic rings. The number of halogens is 1. The van der Waals surface area contributed by atoms with Crippen LogP contribution in [0.5, 0.6) is 0 Å². The molecule has 25 heavy (non-hydrogen) atoms. The van der Waals surface area contributed by atoms with E-state index in [1.165, 1.54) is 35.0 Å². The molecule has 0 radical (unpaired) electrons. The molecule has 3 atom stereocenters. The highest BCUT2D eigenvalue weighted by molar-refractivity contribution is 7.99. The number of tetrazole rings is 1. The lowest BCUT2D eigenvalue weighted by Crippen LogP contribution is -2.44. The summed E-state index contributed by atoms with van der Waals surface area (Å²) in [6, 6.07) is 6.26. The van der Waals surface area contributed by atoms with Crippen LogP contribution in [0.1, 0.15) is 33.1 Å². The minimum Gasteiger partial charge on any atom is -0.352 e. The first-order valence-electron chi connectivity index (χ1n) is 8.51. The summed E-state index contributed by atoms with van der Waals surface area (Å²) in [7, 11) is 0. The zero-order chi connectivity index (χ0) is 17.8. The van der Waals surface area contributed by atoms with Crippen molar-refractivity contribution in [3.63, 3.8) is 0 Å². The average molecular weight is 363 g/mol. The van der Waals surface area contributed by atoms with E-state index >= 15 is 0 Å². The molecular formula is C17H22FN5OS. The number of benzene rings is 1. The molecule has 3 rings (SSSR count). The van der Waals surface area contributed by atoms with Crippen molar-refractivity contribution in [2.45, 2.75) is 44.3 Å². The number of nitrogens with one attached hydrogen (secondary N) is 1. The number of hydrogen-bond acceptors (Lipinski definition) is 5. The molecule has 1 amide bonds. The van der Waals surface area contributed by atoms with E-state index in [1.54, 1.807) is 12.1 Å². The van der Waals surface area contributed by atoms with Gasteiger partial charge in [-0.15, -0.1) is 5.10 Å². The first kappa shape index (κ1) is 17.8. The Morgan fingerprint density at radius 3 is 3.04 bits per heavy atom. The lowest BCUT2D eigenvalue weighted by atomic mass is 9.78. The van der Waals surface area contributed by atoms with Crippen LogP contribution < -0.4 is 5.32 Å². The Balaban J connectivity index is 1.59. The van der Waals surface area contributed by atoms with Crippen LogP contribution >= 0.6 is 11.8 Å². The third-order valence-corrected chi connectivity index (χ3v) is 5.80. The fraction of sp³-hybridized carbons (Fsp3) is 0.529. The molecular weight excluding hydrogens is 341 g/mol. The SMILES string of the molecule is C[C@@H]1[C@H](C)CCC[C@@H]1NC(=O)CSc1nnnn1-c1cccc(F)c1. The smallest absolute Gasteiger partial charge is 0.230 e. The molecule has 1 N–H and O–H groups in total. The van der Waals surface area contributed by atoms with Gasteiger partial charge < -0.3 is 5.32 Å². The predicted octanol–water partition coefficient (Wildman–Crippen LogP) is 2.83. The van der Waals surface area contributed by atoms with Gasteiger partial charge in [-0.25, -0.2) is 4.39 Å². The summed E-state index contributed by atoms with van der Waals surface area (Å²) in [5.41, 5.74) is 0.530. The predicted molar refractivity (Wildman–Crippen MR) is 93.9 cm³/mol. The van der Waals surface area contributed by atoms with Crippen molar-refractivity contribution in [2.24, 2.45) is 11.8 Å². The standard InChI is InChI=1S/C17H22FN5OS/c1-11-5-3-8-15(12(11)2)19-16(24)10-25-17-20-21-22-23(17)14-7-4-6-13(18)9-14/h4,6-7,9,11-12,15H,3,5,8,10H2,1-2H3,(H,19,24)/t11-,12-,15+/m1/s1. The summed E-state index contributed by atoms with van der Waals surface area (Å²) >= 11 is 1.25. The van der Waals surface area contributed by atoms with E-state index < -0.39 is 0 Å². The van der Waals surface area contributed by atoms with E-state index in [4.69, 9.17) is 0 Å². The van der Waals surface area contributed by atoms with Gasteiger partial charge in [-0.05, 0) is 46.9 Å². The lowest BCUT2D eigenvalue weighted by Gasteiger charge is -2.34. The molecule has 6 nitrogen and oxygen atoms in total. The summed E-state index contributed by atoms with van der Waals surface area (Å²) in [5.74, 6) is 0.965. The van der Waals surface area contributed by atoms with Crippen LogP contribution in [0.3, 0.4) is 0 Å². The second-order valence-electron chi connectivity index (χ2n) is 6.58. The Morgan fingerprint density at radius 2 is 2.24 bits per heavy atom. The van der Waals surface area contributed by atoms with E-state index in [-0.39, 0.29) is 23.5 Å². The van der Waals surface area contributed by atoms with Gasteiger partial charge in [0.25, 0.3) is 0 Å². The normalized spacial score (nSPS) is 23.4. The van der Waals surface area contributed by atoms with Crippen LogP contribution in [-0.4, -0.2) is 37.9 Å². The zero-order valence-corrected chi connectivity index (χ0v) is 15.2. The first-order valence-corrected chi connectivity index (χ1v) is 9.49. The summed E-state index contributed by atoms with van der Waals surface area (Å²) < 4.78 is 14.8. The van der Waals surface area contributed by atoms with Crippen LogP contribution in [0.2, 0.25) is 0 Å². The van der Waals surface area contributed by atoms with Crippen LogP contribution in [0.15, 0.2) is 29.4 Å². The minimum absolute atomic E-state index is 0.0234. The highest BCUT2D eigenvalue weighted by Gasteiger charge is 2.28. The van der Waals surface area contributed by atoms with Crippen molar-refractivity contribution in [3.05, 3.63) is 30.1 Å². The molecule has 1 fully saturated rings. The van der Waals surface area contributed by atoms with Gasteiger partial charge in [0.1, 0.15) is 5.82 Å². The highest BCUT2D eigenvalue weighted by Crippen LogP contribution is 2.29. The van der Waals surface area contributed by atoms with Crippen LogP contribution in [0.25, 0.3) is 5.69 Å². The minimum atomic E-state index is -0.359. The lowest BCUT2D eigenvalue weighted by molar-refractivity contribution is -0.120. The summed E-state index contributed by atoms with van der Waals surface area (Å²) in [5, 5.41) is 15.0. The maximum Gasteiger partial charge on any atom is 0.230 e. The van der Waals surface area contributed by atoms with Crippen LogP contribution in [-0.2, 0) is 4.79 Å². The Kier molecular flexibility index (Phi) is 5.67. The summed E-state index contributed by atoms with van der Waals surface area (Å²) in [6.45, 7) is 4.44. The quantitative estimate of drug-likeness (QED) is 0.827. The van der Waals surface area contributed by atoms with Gasteiger partial charge >= 0.3 is 0 Å². The molecule has 1 aliphatic carbocycles. The van der Waals surface area contributed by atoms with Gasteiger partial charge in [-0.1, -0.05) is 44.5 Å². The van der Waals surface area contributed by atoms with E-state index in [0.29, 0.717) is 22.7 Å². The Labute approximate surface area is 150 Å². The molecule has 0 unspecified atom stereocenters. The molecule has 0 bridgehead atoms. The molecule has 0 aliphatic heterocycles.